The minimum absolute atomic E-state index is 0.145. The zero-order chi connectivity index (χ0) is 25.8. The molecule has 1 aliphatic heterocycles. The summed E-state index contributed by atoms with van der Waals surface area (Å²) in [5, 5.41) is 6.96. The third-order valence-electron chi connectivity index (χ3n) is 7.19. The average Bonchev–Trinajstić information content (AvgIpc) is 3.41. The number of methoxy groups -OCH3 is 1. The number of hydrogen-bond acceptors (Lipinski definition) is 6. The summed E-state index contributed by atoms with van der Waals surface area (Å²) in [6.45, 7) is 0. The van der Waals surface area contributed by atoms with E-state index in [1.807, 2.05) is 50.5 Å². The Morgan fingerprint density at radius 1 is 0.895 bits per heavy atom. The number of ether oxygens (including phenoxy) is 2. The Balaban J connectivity index is 1.45. The summed E-state index contributed by atoms with van der Waals surface area (Å²) in [6.07, 6.45) is 1.68. The minimum atomic E-state index is -0.145. The molecule has 1 unspecified atom stereocenters. The summed E-state index contributed by atoms with van der Waals surface area (Å²) in [4.78, 5) is 11.8. The molecule has 0 aliphatic carbocycles. The lowest BCUT2D eigenvalue weighted by Gasteiger charge is -2.28. The molecular weight excluding hydrogens is 474 g/mol. The zero-order valence-electron chi connectivity index (χ0n) is 21.3. The number of anilines is 1. The fraction of sp³-hybridized carbons (Fsp3) is 0.129. The molecule has 0 amide bonds. The Morgan fingerprint density at radius 3 is 2.45 bits per heavy atom. The van der Waals surface area contributed by atoms with Crippen molar-refractivity contribution in [2.45, 2.75) is 5.92 Å². The van der Waals surface area contributed by atoms with Gasteiger partial charge >= 0.3 is 0 Å². The molecule has 3 heterocycles. The van der Waals surface area contributed by atoms with Crippen molar-refractivity contribution in [2.24, 2.45) is 0 Å². The SMILES string of the molecule is COc1ccc(C2c3ccc4ccccc4c3Oc3ncn4nc(-c5ccc(N(C)C)cc5)nc4c32)cc1. The first kappa shape index (κ1) is 22.3. The Kier molecular flexibility index (Phi) is 5.04. The van der Waals surface area contributed by atoms with Crippen LogP contribution in [0.5, 0.6) is 17.4 Å². The van der Waals surface area contributed by atoms with E-state index in [1.165, 1.54) is 0 Å². The van der Waals surface area contributed by atoms with E-state index in [0.717, 1.165) is 55.9 Å². The fourth-order valence-electron chi connectivity index (χ4n) is 5.22. The highest BCUT2D eigenvalue weighted by molar-refractivity contribution is 5.91. The van der Waals surface area contributed by atoms with Crippen LogP contribution in [0.25, 0.3) is 27.8 Å². The first-order chi connectivity index (χ1) is 18.6. The van der Waals surface area contributed by atoms with Crippen molar-refractivity contribution in [3.63, 3.8) is 0 Å². The molecule has 4 aromatic carbocycles. The Hall–Kier alpha value is -4.91. The molecule has 7 heteroatoms. The van der Waals surface area contributed by atoms with Gasteiger partial charge < -0.3 is 14.4 Å². The molecule has 38 heavy (non-hydrogen) atoms. The molecule has 6 aromatic rings. The van der Waals surface area contributed by atoms with Crippen molar-refractivity contribution in [2.75, 3.05) is 26.1 Å². The largest absolute Gasteiger partial charge is 0.497 e. The molecule has 2 aromatic heterocycles. The first-order valence-electron chi connectivity index (χ1n) is 12.5. The lowest BCUT2D eigenvalue weighted by atomic mass is 9.83. The minimum Gasteiger partial charge on any atom is -0.497 e. The van der Waals surface area contributed by atoms with Gasteiger partial charge in [-0.25, -0.2) is 14.5 Å². The molecule has 0 bridgehead atoms. The lowest BCUT2D eigenvalue weighted by molar-refractivity contribution is 0.414. The highest BCUT2D eigenvalue weighted by atomic mass is 16.5. The highest BCUT2D eigenvalue weighted by Gasteiger charge is 2.34. The maximum Gasteiger partial charge on any atom is 0.228 e. The van der Waals surface area contributed by atoms with Gasteiger partial charge in [0.25, 0.3) is 0 Å². The summed E-state index contributed by atoms with van der Waals surface area (Å²) in [5.74, 6) is 2.68. The fourth-order valence-corrected chi connectivity index (χ4v) is 5.22. The van der Waals surface area contributed by atoms with Crippen LogP contribution in [-0.4, -0.2) is 40.8 Å². The Bertz CT molecular complexity index is 1810. The molecule has 1 atom stereocenters. The van der Waals surface area contributed by atoms with Gasteiger partial charge in [-0.15, -0.1) is 5.10 Å². The van der Waals surface area contributed by atoms with Crippen LogP contribution in [0.4, 0.5) is 5.69 Å². The van der Waals surface area contributed by atoms with Crippen molar-refractivity contribution in [3.8, 4) is 28.8 Å². The monoisotopic (exact) mass is 499 g/mol. The summed E-state index contributed by atoms with van der Waals surface area (Å²) < 4.78 is 13.7. The van der Waals surface area contributed by atoms with Crippen LogP contribution in [0.3, 0.4) is 0 Å². The highest BCUT2D eigenvalue weighted by Crippen LogP contribution is 2.50. The van der Waals surface area contributed by atoms with Crippen LogP contribution in [-0.2, 0) is 0 Å². The molecule has 0 saturated carbocycles. The van der Waals surface area contributed by atoms with Gasteiger partial charge in [-0.05, 0) is 47.3 Å². The van der Waals surface area contributed by atoms with Crippen LogP contribution >= 0.6 is 0 Å². The Labute approximate surface area is 219 Å². The van der Waals surface area contributed by atoms with Crippen molar-refractivity contribution in [1.29, 1.82) is 0 Å². The Morgan fingerprint density at radius 2 is 1.68 bits per heavy atom. The second-order valence-electron chi connectivity index (χ2n) is 9.62. The van der Waals surface area contributed by atoms with Crippen molar-refractivity contribution in [1.82, 2.24) is 19.6 Å². The van der Waals surface area contributed by atoms with Crippen molar-refractivity contribution >= 4 is 22.1 Å². The average molecular weight is 500 g/mol. The van der Waals surface area contributed by atoms with Crippen LogP contribution in [0.15, 0.2) is 91.3 Å². The molecule has 7 nitrogen and oxygen atoms in total. The normalized spacial score (nSPS) is 14.1. The summed E-state index contributed by atoms with van der Waals surface area (Å²) in [6, 6.07) is 28.9. The number of hydrogen-bond donors (Lipinski definition) is 0. The van der Waals surface area contributed by atoms with Gasteiger partial charge in [0.2, 0.25) is 5.88 Å². The van der Waals surface area contributed by atoms with Gasteiger partial charge in [-0.3, -0.25) is 0 Å². The van der Waals surface area contributed by atoms with E-state index in [2.05, 4.69) is 53.4 Å². The van der Waals surface area contributed by atoms with Crippen LogP contribution in [0.1, 0.15) is 22.6 Å². The zero-order valence-corrected chi connectivity index (χ0v) is 21.3. The third kappa shape index (κ3) is 3.47. The van der Waals surface area contributed by atoms with E-state index in [-0.39, 0.29) is 5.92 Å². The molecule has 0 saturated heterocycles. The maximum absolute atomic E-state index is 6.53. The van der Waals surface area contributed by atoms with Gasteiger partial charge in [0.1, 0.15) is 17.8 Å². The standard InChI is InChI=1S/C31H25N5O2/c1-35(2)22-13-8-21(9-14-22)29-33-30-27-26(20-10-15-23(37-3)16-11-20)25-17-12-19-6-4-5-7-24(19)28(25)38-31(27)32-18-36(30)34-29/h4-18,26H,1-3H3. The van der Waals surface area contributed by atoms with Crippen molar-refractivity contribution in [3.05, 3.63) is 108 Å². The van der Waals surface area contributed by atoms with Gasteiger partial charge in [-0.2, -0.15) is 0 Å². The number of aromatic nitrogens is 4. The van der Waals surface area contributed by atoms with E-state index in [4.69, 9.17) is 24.5 Å². The van der Waals surface area contributed by atoms with Crippen LogP contribution in [0.2, 0.25) is 0 Å². The van der Waals surface area contributed by atoms with Crippen LogP contribution < -0.4 is 14.4 Å². The second-order valence-corrected chi connectivity index (χ2v) is 9.62. The third-order valence-corrected chi connectivity index (χ3v) is 7.19. The van der Waals surface area contributed by atoms with Gasteiger partial charge in [0.15, 0.2) is 11.5 Å². The van der Waals surface area contributed by atoms with E-state index in [9.17, 15) is 0 Å². The van der Waals surface area contributed by atoms with E-state index < -0.39 is 0 Å². The summed E-state index contributed by atoms with van der Waals surface area (Å²) in [7, 11) is 5.73. The molecule has 0 radical (unpaired) electrons. The van der Waals surface area contributed by atoms with Gasteiger partial charge in [0, 0.05) is 42.2 Å². The molecule has 0 fully saturated rings. The number of benzene rings is 4. The number of fused-ring (bicyclic) bond motifs is 6. The number of nitrogens with zero attached hydrogens (tertiary/aromatic N) is 5. The molecule has 0 spiro atoms. The topological polar surface area (TPSA) is 64.8 Å². The quantitative estimate of drug-likeness (QED) is 0.283. The lowest BCUT2D eigenvalue weighted by Crippen LogP contribution is -2.15. The van der Waals surface area contributed by atoms with Gasteiger partial charge in [0.05, 0.1) is 12.7 Å². The smallest absolute Gasteiger partial charge is 0.228 e. The molecule has 1 aliphatic rings. The second kappa shape index (κ2) is 8.59. The molecular formula is C31H25N5O2. The van der Waals surface area contributed by atoms with E-state index >= 15 is 0 Å². The predicted molar refractivity (Wildman–Crippen MR) is 149 cm³/mol. The van der Waals surface area contributed by atoms with E-state index in [0.29, 0.717) is 11.7 Å². The number of rotatable bonds is 4. The van der Waals surface area contributed by atoms with Crippen LogP contribution in [0, 0.1) is 0 Å². The maximum atomic E-state index is 6.53. The molecule has 186 valence electrons. The van der Waals surface area contributed by atoms with Gasteiger partial charge in [-0.1, -0.05) is 48.5 Å². The predicted octanol–water partition coefficient (Wildman–Crippen LogP) is 6.31. The van der Waals surface area contributed by atoms with Crippen molar-refractivity contribution < 1.29 is 9.47 Å². The summed E-state index contributed by atoms with van der Waals surface area (Å²) >= 11 is 0. The molecule has 0 N–H and O–H groups in total. The molecule has 7 rings (SSSR count). The summed E-state index contributed by atoms with van der Waals surface area (Å²) in [5.41, 5.74) is 5.84. The van der Waals surface area contributed by atoms with E-state index in [1.54, 1.807) is 18.0 Å². The first-order valence-corrected chi connectivity index (χ1v) is 12.5.